The Balaban J connectivity index is 2.62. The molecule has 0 bridgehead atoms. The lowest BCUT2D eigenvalue weighted by atomic mass is 10.2. The second-order valence-electron chi connectivity index (χ2n) is 3.03. The van der Waals surface area contributed by atoms with Gasteiger partial charge in [-0.3, -0.25) is 4.79 Å². The number of nitrogens with one attached hydrogen (secondary N) is 1. The Morgan fingerprint density at radius 1 is 1.53 bits per heavy atom. The fourth-order valence-electron chi connectivity index (χ4n) is 1.04. The molecule has 1 aromatic carbocycles. The molecular weight excluding hydrogens is 279 g/mol. The molecule has 0 aliphatic heterocycles. The Morgan fingerprint density at radius 2 is 2.27 bits per heavy atom. The predicted molar refractivity (Wildman–Crippen MR) is 65.2 cm³/mol. The molecule has 0 atom stereocenters. The molecule has 0 unspecified atom stereocenters. The lowest BCUT2D eigenvalue weighted by Crippen LogP contribution is -2.25. The first kappa shape index (κ1) is 12.5. The maximum Gasteiger partial charge on any atom is 0.251 e. The van der Waals surface area contributed by atoms with Crippen molar-refractivity contribution >= 4 is 33.4 Å². The van der Waals surface area contributed by atoms with Crippen LogP contribution >= 0.6 is 27.5 Å². The summed E-state index contributed by atoms with van der Waals surface area (Å²) < 4.78 is 0.780. The van der Waals surface area contributed by atoms with Crippen molar-refractivity contribution in [2.45, 2.75) is 6.42 Å². The van der Waals surface area contributed by atoms with E-state index in [4.69, 9.17) is 17.3 Å². The molecule has 0 spiro atoms. The van der Waals surface area contributed by atoms with Crippen LogP contribution in [0.25, 0.3) is 0 Å². The molecule has 0 radical (unpaired) electrons. The van der Waals surface area contributed by atoms with Crippen molar-refractivity contribution in [3.05, 3.63) is 33.3 Å². The number of hydrogen-bond acceptors (Lipinski definition) is 2. The van der Waals surface area contributed by atoms with Gasteiger partial charge in [0.25, 0.3) is 5.91 Å². The maximum atomic E-state index is 11.6. The number of nitrogens with two attached hydrogens (primary N) is 1. The topological polar surface area (TPSA) is 55.1 Å². The van der Waals surface area contributed by atoms with Crippen LogP contribution in [0.2, 0.25) is 5.02 Å². The van der Waals surface area contributed by atoms with Crippen LogP contribution in [0, 0.1) is 0 Å². The van der Waals surface area contributed by atoms with Crippen LogP contribution in [0.5, 0.6) is 0 Å². The van der Waals surface area contributed by atoms with Gasteiger partial charge in [0.1, 0.15) is 0 Å². The monoisotopic (exact) mass is 290 g/mol. The first-order valence-corrected chi connectivity index (χ1v) is 5.75. The van der Waals surface area contributed by atoms with Crippen molar-refractivity contribution in [3.63, 3.8) is 0 Å². The maximum absolute atomic E-state index is 11.6. The van der Waals surface area contributed by atoms with Gasteiger partial charge in [-0.25, -0.2) is 0 Å². The predicted octanol–water partition coefficient (Wildman–Crippen LogP) is 2.18. The lowest BCUT2D eigenvalue weighted by Gasteiger charge is -2.05. The van der Waals surface area contributed by atoms with Gasteiger partial charge in [-0.2, -0.15) is 0 Å². The number of carbonyl (C=O) groups is 1. The van der Waals surface area contributed by atoms with Crippen LogP contribution in [0.4, 0.5) is 0 Å². The molecule has 3 N–H and O–H groups in total. The minimum atomic E-state index is -0.127. The molecule has 0 fully saturated rings. The van der Waals surface area contributed by atoms with E-state index in [1.54, 1.807) is 18.2 Å². The van der Waals surface area contributed by atoms with E-state index >= 15 is 0 Å². The Kier molecular flexibility index (Phi) is 5.08. The number of amides is 1. The molecule has 0 saturated heterocycles. The largest absolute Gasteiger partial charge is 0.352 e. The van der Waals surface area contributed by atoms with Crippen molar-refractivity contribution in [3.8, 4) is 0 Å². The summed E-state index contributed by atoms with van der Waals surface area (Å²) in [4.78, 5) is 11.6. The number of halogens is 2. The first-order chi connectivity index (χ1) is 7.15. The Morgan fingerprint density at radius 3 is 2.87 bits per heavy atom. The summed E-state index contributed by atoms with van der Waals surface area (Å²) in [6.07, 6.45) is 0.774. The Labute approximate surface area is 102 Å². The molecule has 0 aliphatic carbocycles. The van der Waals surface area contributed by atoms with Crippen molar-refractivity contribution in [1.82, 2.24) is 5.32 Å². The van der Waals surface area contributed by atoms with Crippen LogP contribution in [-0.2, 0) is 0 Å². The van der Waals surface area contributed by atoms with E-state index in [0.29, 0.717) is 23.7 Å². The van der Waals surface area contributed by atoms with E-state index in [9.17, 15) is 4.79 Å². The average Bonchev–Trinajstić information content (AvgIpc) is 2.22. The molecule has 82 valence electrons. The first-order valence-electron chi connectivity index (χ1n) is 4.58. The van der Waals surface area contributed by atoms with E-state index in [0.717, 1.165) is 10.9 Å². The second-order valence-corrected chi connectivity index (χ2v) is 4.29. The number of rotatable bonds is 4. The zero-order valence-electron chi connectivity index (χ0n) is 8.09. The van der Waals surface area contributed by atoms with E-state index in [1.165, 1.54) is 0 Å². The molecule has 0 saturated carbocycles. The normalized spacial score (nSPS) is 10.1. The number of benzene rings is 1. The van der Waals surface area contributed by atoms with Crippen molar-refractivity contribution < 1.29 is 4.79 Å². The fourth-order valence-corrected chi connectivity index (χ4v) is 1.47. The van der Waals surface area contributed by atoms with Gasteiger partial charge in [0, 0.05) is 16.6 Å². The second kappa shape index (κ2) is 6.10. The smallest absolute Gasteiger partial charge is 0.251 e. The quantitative estimate of drug-likeness (QED) is 0.836. The van der Waals surface area contributed by atoms with Crippen LogP contribution in [-0.4, -0.2) is 19.0 Å². The van der Waals surface area contributed by atoms with Gasteiger partial charge >= 0.3 is 0 Å². The van der Waals surface area contributed by atoms with E-state index in [2.05, 4.69) is 21.2 Å². The number of hydrogen-bond donors (Lipinski definition) is 2. The molecule has 0 aromatic heterocycles. The highest BCUT2D eigenvalue weighted by Gasteiger charge is 2.06. The van der Waals surface area contributed by atoms with Crippen LogP contribution < -0.4 is 11.1 Å². The molecular formula is C10H12BrClN2O. The molecule has 1 amide bonds. The van der Waals surface area contributed by atoms with E-state index in [-0.39, 0.29) is 5.91 Å². The summed E-state index contributed by atoms with van der Waals surface area (Å²) in [6, 6.07) is 5.09. The molecule has 1 rings (SSSR count). The van der Waals surface area contributed by atoms with Crippen molar-refractivity contribution in [2.24, 2.45) is 5.73 Å². The Hall–Kier alpha value is -0.580. The average molecular weight is 292 g/mol. The fraction of sp³-hybridized carbons (Fsp3) is 0.300. The summed E-state index contributed by atoms with van der Waals surface area (Å²) in [7, 11) is 0. The van der Waals surface area contributed by atoms with Crippen molar-refractivity contribution in [1.29, 1.82) is 0 Å². The highest BCUT2D eigenvalue weighted by Crippen LogP contribution is 2.22. The minimum absolute atomic E-state index is 0.127. The van der Waals surface area contributed by atoms with Gasteiger partial charge in [-0.1, -0.05) is 11.6 Å². The molecule has 15 heavy (non-hydrogen) atoms. The minimum Gasteiger partial charge on any atom is -0.352 e. The van der Waals surface area contributed by atoms with Gasteiger partial charge in [0.2, 0.25) is 0 Å². The third kappa shape index (κ3) is 3.81. The standard InChI is InChI=1S/C10H12BrClN2O/c11-8-3-2-7(6-9(8)12)10(15)14-5-1-4-13/h2-3,6H,1,4-5,13H2,(H,14,15). The van der Waals surface area contributed by atoms with Gasteiger partial charge in [-0.05, 0) is 47.1 Å². The molecule has 1 aromatic rings. The molecule has 0 heterocycles. The lowest BCUT2D eigenvalue weighted by molar-refractivity contribution is 0.0953. The highest BCUT2D eigenvalue weighted by molar-refractivity contribution is 9.10. The van der Waals surface area contributed by atoms with Crippen LogP contribution in [0.1, 0.15) is 16.8 Å². The van der Waals surface area contributed by atoms with Gasteiger partial charge in [0.05, 0.1) is 5.02 Å². The zero-order valence-corrected chi connectivity index (χ0v) is 10.4. The number of carbonyl (C=O) groups excluding carboxylic acids is 1. The molecule has 0 aliphatic rings. The Bertz CT molecular complexity index is 357. The van der Waals surface area contributed by atoms with Crippen LogP contribution in [0.3, 0.4) is 0 Å². The third-order valence-corrected chi connectivity index (χ3v) is 3.08. The molecule has 3 nitrogen and oxygen atoms in total. The third-order valence-electron chi connectivity index (χ3n) is 1.85. The van der Waals surface area contributed by atoms with Crippen LogP contribution in [0.15, 0.2) is 22.7 Å². The summed E-state index contributed by atoms with van der Waals surface area (Å²) in [5.74, 6) is -0.127. The molecule has 5 heteroatoms. The van der Waals surface area contributed by atoms with Crippen molar-refractivity contribution in [2.75, 3.05) is 13.1 Å². The summed E-state index contributed by atoms with van der Waals surface area (Å²) in [6.45, 7) is 1.16. The van der Waals surface area contributed by atoms with E-state index in [1.807, 2.05) is 0 Å². The zero-order chi connectivity index (χ0) is 11.3. The summed E-state index contributed by atoms with van der Waals surface area (Å²) in [5.41, 5.74) is 5.87. The highest BCUT2D eigenvalue weighted by atomic mass is 79.9. The van der Waals surface area contributed by atoms with Gasteiger partial charge in [-0.15, -0.1) is 0 Å². The summed E-state index contributed by atoms with van der Waals surface area (Å²) >= 11 is 9.13. The van der Waals surface area contributed by atoms with Gasteiger partial charge in [0.15, 0.2) is 0 Å². The summed E-state index contributed by atoms with van der Waals surface area (Å²) in [5, 5.41) is 3.28. The van der Waals surface area contributed by atoms with Gasteiger partial charge < -0.3 is 11.1 Å². The van der Waals surface area contributed by atoms with E-state index < -0.39 is 0 Å². The SMILES string of the molecule is NCCCNC(=O)c1ccc(Br)c(Cl)c1.